The number of nitrogens with one attached hydrogen (secondary N) is 1. The number of aryl methyl sites for hydroxylation is 1. The van der Waals surface area contributed by atoms with Gasteiger partial charge in [-0.3, -0.25) is 10.1 Å². The van der Waals surface area contributed by atoms with Gasteiger partial charge in [0.15, 0.2) is 5.13 Å². The first-order valence-corrected chi connectivity index (χ1v) is 10.4. The number of amides is 1. The van der Waals surface area contributed by atoms with Crippen molar-refractivity contribution < 1.29 is 22.4 Å². The largest absolute Gasteiger partial charge is 0.417 e. The first-order valence-electron chi connectivity index (χ1n) is 9.53. The van der Waals surface area contributed by atoms with Gasteiger partial charge in [0.05, 0.1) is 16.8 Å². The average Bonchev–Trinajstić information content (AvgIpc) is 3.32. The molecule has 0 saturated heterocycles. The Hall–Kier alpha value is -3.46. The number of alkyl halides is 3. The zero-order valence-electron chi connectivity index (χ0n) is 17.0. The molecule has 164 valence electrons. The number of anilines is 1. The smallest absolute Gasteiger partial charge is 0.318 e. The van der Waals surface area contributed by atoms with Gasteiger partial charge in [0, 0.05) is 28.0 Å². The molecule has 0 fully saturated rings. The molecule has 0 aliphatic rings. The highest BCUT2D eigenvalue weighted by Gasteiger charge is 2.35. The third-order valence-electron chi connectivity index (χ3n) is 4.99. The van der Waals surface area contributed by atoms with Crippen LogP contribution in [0.25, 0.3) is 16.9 Å². The van der Waals surface area contributed by atoms with Crippen LogP contribution in [-0.2, 0) is 6.18 Å². The highest BCUT2D eigenvalue weighted by molar-refractivity contribution is 7.14. The van der Waals surface area contributed by atoms with E-state index in [2.05, 4.69) is 10.3 Å². The van der Waals surface area contributed by atoms with Gasteiger partial charge in [-0.05, 0) is 56.3 Å². The molecule has 4 rings (SSSR count). The van der Waals surface area contributed by atoms with Crippen LogP contribution in [0.3, 0.4) is 0 Å². The summed E-state index contributed by atoms with van der Waals surface area (Å²) in [5, 5.41) is 4.37. The molecule has 1 N–H and O–H groups in total. The molecule has 9 heteroatoms. The Balaban J connectivity index is 1.61. The number of carbonyl (C=O) groups is 1. The number of carbonyl (C=O) groups excluding carboxylic acids is 1. The molecule has 2 heterocycles. The van der Waals surface area contributed by atoms with Crippen LogP contribution in [0, 0.1) is 19.7 Å². The first-order chi connectivity index (χ1) is 15.1. The quantitative estimate of drug-likeness (QED) is 0.348. The van der Waals surface area contributed by atoms with E-state index in [0.717, 1.165) is 46.1 Å². The molecule has 0 aliphatic carbocycles. The number of halogens is 4. The Morgan fingerprint density at radius 1 is 1.06 bits per heavy atom. The fraction of sp³-hybridized carbons (Fsp3) is 0.130. The van der Waals surface area contributed by atoms with E-state index in [1.165, 1.54) is 24.3 Å². The summed E-state index contributed by atoms with van der Waals surface area (Å²) in [6.07, 6.45) is -4.64. The zero-order valence-corrected chi connectivity index (χ0v) is 17.8. The predicted molar refractivity (Wildman–Crippen MR) is 116 cm³/mol. The number of nitrogens with zero attached hydrogens (tertiary/aromatic N) is 2. The van der Waals surface area contributed by atoms with Crippen LogP contribution in [-0.4, -0.2) is 15.5 Å². The maximum absolute atomic E-state index is 13.3. The van der Waals surface area contributed by atoms with Crippen molar-refractivity contribution in [2.45, 2.75) is 20.0 Å². The Bertz CT molecular complexity index is 1290. The minimum Gasteiger partial charge on any atom is -0.318 e. The summed E-state index contributed by atoms with van der Waals surface area (Å²) in [6.45, 7) is 3.80. The number of hydrogen-bond donors (Lipinski definition) is 1. The predicted octanol–water partition coefficient (Wildman–Crippen LogP) is 6.63. The molecule has 0 radical (unpaired) electrons. The summed E-state index contributed by atoms with van der Waals surface area (Å²) in [5.74, 6) is -1.21. The number of thiazole rings is 1. The molecule has 0 spiro atoms. The Morgan fingerprint density at radius 2 is 1.75 bits per heavy atom. The van der Waals surface area contributed by atoms with Gasteiger partial charge in [-0.25, -0.2) is 9.37 Å². The molecule has 4 aromatic rings. The number of benzene rings is 2. The second kappa shape index (κ2) is 8.23. The fourth-order valence-electron chi connectivity index (χ4n) is 3.56. The van der Waals surface area contributed by atoms with E-state index in [9.17, 15) is 22.4 Å². The summed E-state index contributed by atoms with van der Waals surface area (Å²) >= 11 is 1.12. The van der Waals surface area contributed by atoms with Crippen LogP contribution in [0.5, 0.6) is 0 Å². The first kappa shape index (κ1) is 21.8. The van der Waals surface area contributed by atoms with Crippen molar-refractivity contribution in [3.63, 3.8) is 0 Å². The lowest BCUT2D eigenvalue weighted by Gasteiger charge is -2.11. The van der Waals surface area contributed by atoms with Crippen molar-refractivity contribution in [1.29, 1.82) is 0 Å². The Morgan fingerprint density at radius 3 is 2.44 bits per heavy atom. The van der Waals surface area contributed by atoms with Crippen molar-refractivity contribution in [2.24, 2.45) is 0 Å². The monoisotopic (exact) mass is 459 g/mol. The molecular formula is C23H17F4N3OS. The van der Waals surface area contributed by atoms with Crippen molar-refractivity contribution >= 4 is 22.4 Å². The normalized spacial score (nSPS) is 11.6. The summed E-state index contributed by atoms with van der Waals surface area (Å²) in [7, 11) is 0. The van der Waals surface area contributed by atoms with Gasteiger partial charge in [-0.1, -0.05) is 12.1 Å². The second-order valence-electron chi connectivity index (χ2n) is 7.13. The van der Waals surface area contributed by atoms with Gasteiger partial charge in [-0.2, -0.15) is 13.2 Å². The van der Waals surface area contributed by atoms with Crippen LogP contribution in [0.2, 0.25) is 0 Å². The van der Waals surface area contributed by atoms with Gasteiger partial charge in [0.25, 0.3) is 5.91 Å². The number of rotatable bonds is 4. The molecule has 4 nitrogen and oxygen atoms in total. The lowest BCUT2D eigenvalue weighted by molar-refractivity contribution is -0.137. The van der Waals surface area contributed by atoms with Gasteiger partial charge < -0.3 is 4.57 Å². The molecule has 0 bridgehead atoms. The SMILES string of the molecule is Cc1cc(-c2csc(NC(=O)c3ccccc3C(F)(F)F)n2)c(C)n1-c1ccc(F)cc1. The fourth-order valence-corrected chi connectivity index (χ4v) is 4.26. The summed E-state index contributed by atoms with van der Waals surface area (Å²) in [4.78, 5) is 16.9. The van der Waals surface area contributed by atoms with E-state index in [0.29, 0.717) is 5.69 Å². The van der Waals surface area contributed by atoms with Crippen molar-refractivity contribution in [2.75, 3.05) is 5.32 Å². The van der Waals surface area contributed by atoms with Crippen molar-refractivity contribution in [1.82, 2.24) is 9.55 Å². The minimum atomic E-state index is -4.64. The van der Waals surface area contributed by atoms with Gasteiger partial charge in [0.1, 0.15) is 5.82 Å². The third-order valence-corrected chi connectivity index (χ3v) is 5.75. The summed E-state index contributed by atoms with van der Waals surface area (Å²) < 4.78 is 54.8. The molecular weight excluding hydrogens is 442 g/mol. The van der Waals surface area contributed by atoms with Crippen LogP contribution in [0.4, 0.5) is 22.7 Å². The Labute approximate surface area is 185 Å². The van der Waals surface area contributed by atoms with E-state index < -0.39 is 23.2 Å². The molecule has 1 amide bonds. The number of aromatic nitrogens is 2. The van der Waals surface area contributed by atoms with E-state index >= 15 is 0 Å². The van der Waals surface area contributed by atoms with Crippen LogP contribution in [0.1, 0.15) is 27.3 Å². The van der Waals surface area contributed by atoms with Crippen LogP contribution in [0.15, 0.2) is 60.0 Å². The van der Waals surface area contributed by atoms with E-state index in [-0.39, 0.29) is 10.9 Å². The molecule has 2 aromatic carbocycles. The highest BCUT2D eigenvalue weighted by atomic mass is 32.1. The topological polar surface area (TPSA) is 46.9 Å². The maximum atomic E-state index is 13.3. The van der Waals surface area contributed by atoms with Gasteiger partial charge in [-0.15, -0.1) is 11.3 Å². The van der Waals surface area contributed by atoms with Crippen LogP contribution >= 0.6 is 11.3 Å². The number of hydrogen-bond acceptors (Lipinski definition) is 3. The lowest BCUT2D eigenvalue weighted by Crippen LogP contribution is -2.18. The van der Waals surface area contributed by atoms with Gasteiger partial charge in [0.2, 0.25) is 0 Å². The second-order valence-corrected chi connectivity index (χ2v) is 7.99. The van der Waals surface area contributed by atoms with E-state index in [1.54, 1.807) is 17.5 Å². The standard InChI is InChI=1S/C23H17F4N3OS/c1-13-11-18(14(2)30(13)16-9-7-15(24)8-10-16)20-12-32-22(28-20)29-21(31)17-5-3-4-6-19(17)23(25,26)27/h3-12H,1-2H3,(H,28,29,31). The summed E-state index contributed by atoms with van der Waals surface area (Å²) in [5.41, 5.74) is 2.47. The molecule has 0 saturated carbocycles. The molecule has 0 aliphatic heterocycles. The average molecular weight is 459 g/mol. The van der Waals surface area contributed by atoms with Crippen molar-refractivity contribution in [3.05, 3.63) is 88.3 Å². The molecule has 0 atom stereocenters. The van der Waals surface area contributed by atoms with Crippen LogP contribution < -0.4 is 5.32 Å². The zero-order chi connectivity index (χ0) is 23.0. The highest BCUT2D eigenvalue weighted by Crippen LogP contribution is 2.34. The molecule has 0 unspecified atom stereocenters. The van der Waals surface area contributed by atoms with Crippen molar-refractivity contribution in [3.8, 4) is 16.9 Å². The third kappa shape index (κ3) is 4.16. The minimum absolute atomic E-state index is 0.188. The lowest BCUT2D eigenvalue weighted by atomic mass is 10.1. The summed E-state index contributed by atoms with van der Waals surface area (Å²) in [6, 6.07) is 12.6. The maximum Gasteiger partial charge on any atom is 0.417 e. The van der Waals surface area contributed by atoms with E-state index in [1.807, 2.05) is 24.5 Å². The Kier molecular flexibility index (Phi) is 5.60. The van der Waals surface area contributed by atoms with Gasteiger partial charge >= 0.3 is 6.18 Å². The molecule has 32 heavy (non-hydrogen) atoms. The van der Waals surface area contributed by atoms with E-state index in [4.69, 9.17) is 0 Å². The molecule has 2 aromatic heterocycles.